The number of rotatable bonds is 5. The molecule has 0 aromatic heterocycles. The lowest BCUT2D eigenvalue weighted by Gasteiger charge is -2.20. The maximum absolute atomic E-state index is 13.6. The third-order valence-electron chi connectivity index (χ3n) is 2.81. The third-order valence-corrected chi connectivity index (χ3v) is 2.81. The molecule has 2 atom stereocenters. The van der Waals surface area contributed by atoms with E-state index < -0.39 is 24.0 Å². The van der Waals surface area contributed by atoms with Crippen molar-refractivity contribution in [2.45, 2.75) is 45.6 Å². The Labute approximate surface area is 109 Å². The Morgan fingerprint density at radius 3 is 2.42 bits per heavy atom. The van der Waals surface area contributed by atoms with Crippen LogP contribution in [-0.4, -0.2) is 12.4 Å². The lowest BCUT2D eigenvalue weighted by Crippen LogP contribution is -2.28. The minimum Gasteiger partial charge on any atom is -0.406 e. The van der Waals surface area contributed by atoms with Gasteiger partial charge in [0.2, 0.25) is 0 Å². The number of ether oxygens (including phenoxy) is 1. The van der Waals surface area contributed by atoms with E-state index in [4.69, 9.17) is 0 Å². The van der Waals surface area contributed by atoms with Gasteiger partial charge in [0.25, 0.3) is 0 Å². The van der Waals surface area contributed by atoms with Crippen molar-refractivity contribution in [3.63, 3.8) is 0 Å². The summed E-state index contributed by atoms with van der Waals surface area (Å²) in [5.41, 5.74) is 0.155. The van der Waals surface area contributed by atoms with E-state index in [-0.39, 0.29) is 11.6 Å². The number of halogens is 4. The molecule has 2 nitrogen and oxygen atoms in total. The minimum absolute atomic E-state index is 0.140. The second-order valence-electron chi connectivity index (χ2n) is 4.43. The van der Waals surface area contributed by atoms with E-state index in [1.165, 1.54) is 0 Å². The van der Waals surface area contributed by atoms with Crippen LogP contribution >= 0.6 is 0 Å². The summed E-state index contributed by atoms with van der Waals surface area (Å²) in [5, 5.41) is 3.10. The highest BCUT2D eigenvalue weighted by Crippen LogP contribution is 2.27. The average molecular weight is 279 g/mol. The first-order valence-corrected chi connectivity index (χ1v) is 6.04. The van der Waals surface area contributed by atoms with Crippen LogP contribution in [-0.2, 0) is 0 Å². The summed E-state index contributed by atoms with van der Waals surface area (Å²) >= 11 is 0. The molecule has 19 heavy (non-hydrogen) atoms. The maximum atomic E-state index is 13.6. The van der Waals surface area contributed by atoms with Gasteiger partial charge in [-0.2, -0.15) is 0 Å². The van der Waals surface area contributed by atoms with Crippen molar-refractivity contribution in [2.24, 2.45) is 0 Å². The Morgan fingerprint density at radius 1 is 1.26 bits per heavy atom. The van der Waals surface area contributed by atoms with Gasteiger partial charge in [-0.05, 0) is 38.5 Å². The molecular formula is C13H17F4NO. The van der Waals surface area contributed by atoms with Gasteiger partial charge in [0.1, 0.15) is 11.6 Å². The largest absolute Gasteiger partial charge is 0.573 e. The molecule has 0 saturated heterocycles. The van der Waals surface area contributed by atoms with Crippen LogP contribution < -0.4 is 10.1 Å². The quantitative estimate of drug-likeness (QED) is 0.817. The van der Waals surface area contributed by atoms with Crippen LogP contribution in [0.3, 0.4) is 0 Å². The summed E-state index contributed by atoms with van der Waals surface area (Å²) < 4.78 is 53.7. The monoisotopic (exact) mass is 279 g/mol. The smallest absolute Gasteiger partial charge is 0.406 e. The van der Waals surface area contributed by atoms with Gasteiger partial charge in [-0.25, -0.2) is 4.39 Å². The van der Waals surface area contributed by atoms with Crippen LogP contribution in [0.1, 0.15) is 38.8 Å². The molecule has 108 valence electrons. The molecular weight excluding hydrogens is 262 g/mol. The molecule has 0 aliphatic heterocycles. The molecule has 0 aliphatic rings. The molecule has 1 aromatic carbocycles. The molecule has 0 bridgehead atoms. The fourth-order valence-corrected chi connectivity index (χ4v) is 1.69. The molecule has 1 aromatic rings. The van der Waals surface area contributed by atoms with Gasteiger partial charge in [-0.3, -0.25) is 0 Å². The van der Waals surface area contributed by atoms with Crippen molar-refractivity contribution >= 4 is 0 Å². The summed E-state index contributed by atoms with van der Waals surface area (Å²) in [7, 11) is 0. The Balaban J connectivity index is 2.90. The van der Waals surface area contributed by atoms with E-state index in [0.29, 0.717) is 0 Å². The molecule has 0 fully saturated rings. The third kappa shape index (κ3) is 5.06. The molecule has 0 aliphatic carbocycles. The standard InChI is InChI=1S/C13H17F4NO/c1-4-8(2)18-9(3)11-7-10(5-6-12(11)14)19-13(15,16)17/h5-9,18H,4H2,1-3H3/t8?,9-/m0/s1. The number of hydrogen-bond donors (Lipinski definition) is 1. The first-order valence-electron chi connectivity index (χ1n) is 6.04. The van der Waals surface area contributed by atoms with Crippen LogP contribution in [0, 0.1) is 5.82 Å². The number of benzene rings is 1. The fraction of sp³-hybridized carbons (Fsp3) is 0.538. The van der Waals surface area contributed by atoms with Crippen LogP contribution in [0.2, 0.25) is 0 Å². The van der Waals surface area contributed by atoms with Crippen molar-refractivity contribution < 1.29 is 22.3 Å². The predicted molar refractivity (Wildman–Crippen MR) is 64.4 cm³/mol. The van der Waals surface area contributed by atoms with Crippen LogP contribution in [0.25, 0.3) is 0 Å². The van der Waals surface area contributed by atoms with Crippen LogP contribution in [0.15, 0.2) is 18.2 Å². The van der Waals surface area contributed by atoms with Gasteiger partial charge < -0.3 is 10.1 Å². The van der Waals surface area contributed by atoms with Gasteiger partial charge in [-0.1, -0.05) is 6.92 Å². The first kappa shape index (κ1) is 15.8. The molecule has 0 spiro atoms. The van der Waals surface area contributed by atoms with Gasteiger partial charge >= 0.3 is 6.36 Å². The van der Waals surface area contributed by atoms with Gasteiger partial charge in [-0.15, -0.1) is 13.2 Å². The number of nitrogens with one attached hydrogen (secondary N) is 1. The van der Waals surface area contributed by atoms with Crippen molar-refractivity contribution in [1.29, 1.82) is 0 Å². The molecule has 1 N–H and O–H groups in total. The Bertz CT molecular complexity index is 420. The Hall–Kier alpha value is -1.30. The zero-order valence-corrected chi connectivity index (χ0v) is 11.0. The SMILES string of the molecule is CCC(C)N[C@@H](C)c1cc(OC(F)(F)F)ccc1F. The first-order chi connectivity index (χ1) is 8.73. The lowest BCUT2D eigenvalue weighted by molar-refractivity contribution is -0.274. The molecule has 1 unspecified atom stereocenters. The summed E-state index contributed by atoms with van der Waals surface area (Å²) in [6, 6.07) is 2.75. The molecule has 0 amide bonds. The number of hydrogen-bond acceptors (Lipinski definition) is 2. The van der Waals surface area contributed by atoms with Gasteiger partial charge in [0.15, 0.2) is 0 Å². The van der Waals surface area contributed by atoms with E-state index in [0.717, 1.165) is 24.6 Å². The fourth-order valence-electron chi connectivity index (χ4n) is 1.69. The lowest BCUT2D eigenvalue weighted by atomic mass is 10.1. The summed E-state index contributed by atoms with van der Waals surface area (Å²) in [4.78, 5) is 0. The van der Waals surface area contributed by atoms with E-state index >= 15 is 0 Å². The number of alkyl halides is 3. The van der Waals surface area contributed by atoms with E-state index in [1.54, 1.807) is 6.92 Å². The second kappa shape index (κ2) is 6.23. The van der Waals surface area contributed by atoms with E-state index in [2.05, 4.69) is 10.1 Å². The minimum atomic E-state index is -4.78. The Kier molecular flexibility index (Phi) is 5.17. The maximum Gasteiger partial charge on any atom is 0.573 e. The zero-order valence-electron chi connectivity index (χ0n) is 11.0. The normalized spacial score (nSPS) is 15.1. The molecule has 0 heterocycles. The molecule has 6 heteroatoms. The molecule has 0 radical (unpaired) electrons. The molecule has 1 rings (SSSR count). The van der Waals surface area contributed by atoms with Crippen molar-refractivity contribution in [3.8, 4) is 5.75 Å². The summed E-state index contributed by atoms with van der Waals surface area (Å²) in [5.74, 6) is -0.973. The van der Waals surface area contributed by atoms with Gasteiger partial charge in [0.05, 0.1) is 0 Å². The van der Waals surface area contributed by atoms with Crippen LogP contribution in [0.4, 0.5) is 17.6 Å². The summed E-state index contributed by atoms with van der Waals surface area (Å²) in [6.45, 7) is 5.58. The highest BCUT2D eigenvalue weighted by Gasteiger charge is 2.31. The van der Waals surface area contributed by atoms with E-state index in [1.807, 2.05) is 13.8 Å². The van der Waals surface area contributed by atoms with E-state index in [9.17, 15) is 17.6 Å². The van der Waals surface area contributed by atoms with Crippen molar-refractivity contribution in [3.05, 3.63) is 29.6 Å². The molecule has 0 saturated carbocycles. The Morgan fingerprint density at radius 2 is 1.89 bits per heavy atom. The van der Waals surface area contributed by atoms with Crippen LogP contribution in [0.5, 0.6) is 5.75 Å². The second-order valence-corrected chi connectivity index (χ2v) is 4.43. The topological polar surface area (TPSA) is 21.3 Å². The zero-order chi connectivity index (χ0) is 14.6. The van der Waals surface area contributed by atoms with Crippen molar-refractivity contribution in [2.75, 3.05) is 0 Å². The van der Waals surface area contributed by atoms with Crippen molar-refractivity contribution in [1.82, 2.24) is 5.32 Å². The highest BCUT2D eigenvalue weighted by atomic mass is 19.4. The van der Waals surface area contributed by atoms with Gasteiger partial charge in [0, 0.05) is 17.6 Å². The highest BCUT2D eigenvalue weighted by molar-refractivity contribution is 5.32. The average Bonchev–Trinajstić information content (AvgIpc) is 2.29. The summed E-state index contributed by atoms with van der Waals surface area (Å²) in [6.07, 6.45) is -3.94. The predicted octanol–water partition coefficient (Wildman–Crippen LogP) is 4.17.